The average molecular weight is 777 g/mol. The number of ether oxygens (including phenoxy) is 3. The SMILES string of the molecule is [C-]#[N+]c1ccc2c(c1)[C@@](N)(C(=O)OCC)C1(C2)C[C@@H](C)C(OC(F)F)[C@@H](C)C1.[C-]#[N+]c1ccc2c(c1)[C@@](SC#N)(C(=O)OCC)C1(C2)C[C@@H](C)C(O)[C@@H](C)C1. The van der Waals surface area contributed by atoms with Crippen molar-refractivity contribution in [1.82, 2.24) is 0 Å². The van der Waals surface area contributed by atoms with Crippen molar-refractivity contribution in [2.75, 3.05) is 13.2 Å². The van der Waals surface area contributed by atoms with Crippen LogP contribution in [0.1, 0.15) is 89.5 Å². The molecule has 2 aromatic carbocycles. The normalized spacial score (nSPS) is 34.4. The molecule has 2 aromatic rings. The van der Waals surface area contributed by atoms with Crippen LogP contribution >= 0.6 is 11.8 Å². The molecule has 0 aliphatic heterocycles. The number of rotatable bonds is 7. The Kier molecular flexibility index (Phi) is 12.4. The zero-order chi connectivity index (χ0) is 40.5. The van der Waals surface area contributed by atoms with Crippen LogP contribution in [0.4, 0.5) is 20.2 Å². The van der Waals surface area contributed by atoms with Gasteiger partial charge in [0.25, 0.3) is 0 Å². The summed E-state index contributed by atoms with van der Waals surface area (Å²) in [6.45, 7) is 23.5. The predicted molar refractivity (Wildman–Crippen MR) is 204 cm³/mol. The fourth-order valence-corrected chi connectivity index (χ4v) is 11.8. The Morgan fingerprint density at radius 3 is 1.84 bits per heavy atom. The van der Waals surface area contributed by atoms with Crippen LogP contribution in [0.3, 0.4) is 0 Å². The minimum absolute atomic E-state index is 0.0106. The number of halogens is 2. The lowest BCUT2D eigenvalue weighted by molar-refractivity contribution is -0.209. The van der Waals surface area contributed by atoms with Crippen molar-refractivity contribution in [2.45, 2.75) is 109 Å². The second-order valence-electron chi connectivity index (χ2n) is 16.0. The van der Waals surface area contributed by atoms with Gasteiger partial charge in [0.2, 0.25) is 0 Å². The lowest BCUT2D eigenvalue weighted by Crippen LogP contribution is -2.60. The highest BCUT2D eigenvalue weighted by atomic mass is 32.2. The number of carbonyl (C=O) groups is 2. The van der Waals surface area contributed by atoms with Gasteiger partial charge in [-0.15, -0.1) is 0 Å². The highest BCUT2D eigenvalue weighted by Crippen LogP contribution is 2.66. The zero-order valence-corrected chi connectivity index (χ0v) is 33.1. The third-order valence-electron chi connectivity index (χ3n) is 12.6. The van der Waals surface area contributed by atoms with Gasteiger partial charge in [-0.1, -0.05) is 64.1 Å². The fraction of sp³-hybridized carbons (Fsp3) is 0.595. The molecule has 0 saturated heterocycles. The first-order chi connectivity index (χ1) is 26.0. The first-order valence-electron chi connectivity index (χ1n) is 18.9. The molecule has 10 nitrogen and oxygen atoms in total. The lowest BCUT2D eigenvalue weighted by atomic mass is 9.56. The standard InChI is InChI=1S/C21H26F2N2O3.C21H24N2O3S/c1-5-27-18(26)21(24)16-8-15(25-4)7-6-14(16)11-20(21)9-12(2)17(13(3)10-20)28-19(22)23;1-5-26-19(25)21(27-12-22)17-8-16(23-4)7-6-15(17)11-20(21)9-13(2)18(24)14(3)10-20/h6-8,12-13,17,19H,5,9-11,24H2,1-3H3;6-8,13-14,18,24H,5,9-11H2,1-3H3/t12-,13+,17?,20?,21-;13-,14+,18?,20?,21-/m11/s1. The van der Waals surface area contributed by atoms with E-state index in [0.29, 0.717) is 55.5 Å². The maximum atomic E-state index is 13.4. The third-order valence-corrected chi connectivity index (χ3v) is 13.9. The fourth-order valence-electron chi connectivity index (χ4n) is 10.8. The molecule has 4 unspecified atom stereocenters. The highest BCUT2D eigenvalue weighted by Gasteiger charge is 2.66. The second-order valence-corrected chi connectivity index (χ2v) is 17.0. The van der Waals surface area contributed by atoms with Gasteiger partial charge in [-0.2, -0.15) is 14.0 Å². The van der Waals surface area contributed by atoms with E-state index in [0.717, 1.165) is 28.5 Å². The second kappa shape index (κ2) is 16.2. The Balaban J connectivity index is 0.000000211. The molecule has 2 spiro atoms. The number of hydrogen-bond acceptors (Lipinski definition) is 9. The third kappa shape index (κ3) is 7.01. The molecule has 0 bridgehead atoms. The molecule has 10 atom stereocenters. The molecule has 3 N–H and O–H groups in total. The van der Waals surface area contributed by atoms with E-state index in [1.807, 2.05) is 39.8 Å². The summed E-state index contributed by atoms with van der Waals surface area (Å²) in [6.07, 6.45) is 2.37. The van der Waals surface area contributed by atoms with Crippen LogP contribution in [-0.4, -0.2) is 49.1 Å². The van der Waals surface area contributed by atoms with E-state index in [4.69, 9.17) is 33.1 Å². The quantitative estimate of drug-likeness (QED) is 0.161. The lowest BCUT2D eigenvalue weighted by Gasteiger charge is -2.51. The first-order valence-corrected chi connectivity index (χ1v) is 19.7. The maximum Gasteiger partial charge on any atom is 0.345 e. The number of carbonyl (C=O) groups excluding carboxylic acids is 2. The molecule has 2 saturated carbocycles. The topological polar surface area (TPSA) is 141 Å². The summed E-state index contributed by atoms with van der Waals surface area (Å²) < 4.78 is 40.3. The number of nitrogens with two attached hydrogens (primary N) is 1. The van der Waals surface area contributed by atoms with Crippen molar-refractivity contribution in [3.63, 3.8) is 0 Å². The molecule has 0 amide bonds. The summed E-state index contributed by atoms with van der Waals surface area (Å²) in [5, 5.41) is 22.3. The smallest absolute Gasteiger partial charge is 0.345 e. The Labute approximate surface area is 326 Å². The number of thiocyanates is 1. The minimum Gasteiger partial charge on any atom is -0.465 e. The van der Waals surface area contributed by atoms with E-state index in [9.17, 15) is 28.7 Å². The average Bonchev–Trinajstić information content (AvgIpc) is 3.53. The number of benzene rings is 2. The van der Waals surface area contributed by atoms with E-state index < -0.39 is 51.9 Å². The molecular weight excluding hydrogens is 727 g/mol. The van der Waals surface area contributed by atoms with Crippen molar-refractivity contribution < 1.29 is 37.7 Å². The number of thioether (sulfide) groups is 1. The van der Waals surface area contributed by atoms with E-state index in [1.54, 1.807) is 38.1 Å². The van der Waals surface area contributed by atoms with Gasteiger partial charge in [-0.05, 0) is 110 Å². The van der Waals surface area contributed by atoms with Crippen LogP contribution in [0.2, 0.25) is 0 Å². The monoisotopic (exact) mass is 776 g/mol. The number of alkyl halides is 2. The van der Waals surface area contributed by atoms with Crippen molar-refractivity contribution in [1.29, 1.82) is 5.26 Å². The number of nitrogens with zero attached hydrogens (tertiary/aromatic N) is 3. The van der Waals surface area contributed by atoms with Crippen molar-refractivity contribution in [3.8, 4) is 5.40 Å². The zero-order valence-electron chi connectivity index (χ0n) is 32.2. The van der Waals surface area contributed by atoms with Crippen molar-refractivity contribution in [3.05, 3.63) is 81.5 Å². The molecule has 0 heterocycles. The molecule has 55 heavy (non-hydrogen) atoms. The van der Waals surface area contributed by atoms with Gasteiger partial charge in [0.05, 0.1) is 38.6 Å². The van der Waals surface area contributed by atoms with Gasteiger partial charge >= 0.3 is 18.6 Å². The first kappa shape index (κ1) is 42.1. The van der Waals surface area contributed by atoms with Gasteiger partial charge < -0.3 is 25.1 Å². The predicted octanol–water partition coefficient (Wildman–Crippen LogP) is 8.35. The summed E-state index contributed by atoms with van der Waals surface area (Å²) >= 11 is 0.953. The molecule has 6 rings (SSSR count). The molecule has 2 fully saturated rings. The van der Waals surface area contributed by atoms with Crippen LogP contribution in [0.5, 0.6) is 0 Å². The maximum absolute atomic E-state index is 13.4. The number of fused-ring (bicyclic) bond motifs is 2. The highest BCUT2D eigenvalue weighted by molar-refractivity contribution is 8.05. The Morgan fingerprint density at radius 2 is 1.35 bits per heavy atom. The molecule has 294 valence electrons. The number of nitriles is 1. The van der Waals surface area contributed by atoms with Gasteiger partial charge in [0.15, 0.2) is 16.1 Å². The summed E-state index contributed by atoms with van der Waals surface area (Å²) in [5.74, 6) is -1.32. The molecule has 0 aromatic heterocycles. The molecule has 4 aliphatic rings. The Bertz CT molecular complexity index is 1900. The van der Waals surface area contributed by atoms with Gasteiger partial charge in [-0.3, -0.25) is 4.79 Å². The van der Waals surface area contributed by atoms with Gasteiger partial charge in [0, 0.05) is 10.8 Å². The molecule has 13 heteroatoms. The van der Waals surface area contributed by atoms with E-state index in [1.165, 1.54) is 0 Å². The number of aliphatic hydroxyl groups is 1. The van der Waals surface area contributed by atoms with E-state index >= 15 is 0 Å². The van der Waals surface area contributed by atoms with Crippen LogP contribution < -0.4 is 5.73 Å². The van der Waals surface area contributed by atoms with Crippen LogP contribution in [0.25, 0.3) is 9.69 Å². The Morgan fingerprint density at radius 1 is 0.873 bits per heavy atom. The summed E-state index contributed by atoms with van der Waals surface area (Å²) in [4.78, 5) is 33.4. The van der Waals surface area contributed by atoms with Gasteiger partial charge in [-0.25, -0.2) is 14.5 Å². The molecular formula is C42H50F2N4O6S. The molecule has 0 radical (unpaired) electrons. The van der Waals surface area contributed by atoms with Crippen LogP contribution in [-0.2, 0) is 46.9 Å². The van der Waals surface area contributed by atoms with Gasteiger partial charge in [0.1, 0.15) is 10.9 Å². The summed E-state index contributed by atoms with van der Waals surface area (Å²) in [5.41, 5.74) is 8.36. The summed E-state index contributed by atoms with van der Waals surface area (Å²) in [6, 6.07) is 10.7. The van der Waals surface area contributed by atoms with Crippen molar-refractivity contribution >= 4 is 35.1 Å². The van der Waals surface area contributed by atoms with E-state index in [2.05, 4.69) is 15.1 Å². The van der Waals surface area contributed by atoms with Crippen molar-refractivity contribution in [2.24, 2.45) is 40.2 Å². The molecule has 4 aliphatic carbocycles. The largest absolute Gasteiger partial charge is 0.465 e. The van der Waals surface area contributed by atoms with Crippen LogP contribution in [0.15, 0.2) is 36.4 Å². The van der Waals surface area contributed by atoms with E-state index in [-0.39, 0.29) is 36.9 Å². The number of aliphatic hydroxyl groups excluding tert-OH is 1. The Hall–Kier alpha value is -4.06. The number of esters is 2. The van der Waals surface area contributed by atoms with Crippen LogP contribution in [0, 0.1) is 58.3 Å². The minimum atomic E-state index is -2.83. The number of hydrogen-bond donors (Lipinski definition) is 2. The summed E-state index contributed by atoms with van der Waals surface area (Å²) in [7, 11) is 0.